The fraction of sp³-hybridized carbons (Fsp3) is 0.571. The molecule has 1 saturated heterocycles. The van der Waals surface area contributed by atoms with E-state index in [1.165, 1.54) is 5.56 Å². The van der Waals surface area contributed by atoms with Gasteiger partial charge in [-0.25, -0.2) is 0 Å². The summed E-state index contributed by atoms with van der Waals surface area (Å²) >= 11 is 9.75. The zero-order valence-electron chi connectivity index (χ0n) is 11.1. The molecule has 19 heavy (non-hydrogen) atoms. The van der Waals surface area contributed by atoms with E-state index >= 15 is 0 Å². The molecule has 0 bridgehead atoms. The monoisotopic (exact) mass is 346 g/mol. The maximum Gasteiger partial charge on any atom is 0.0589 e. The number of benzene rings is 1. The van der Waals surface area contributed by atoms with Gasteiger partial charge in [-0.2, -0.15) is 0 Å². The average molecular weight is 348 g/mol. The normalized spacial score (nSPS) is 24.6. The van der Waals surface area contributed by atoms with Gasteiger partial charge in [0.1, 0.15) is 0 Å². The quantitative estimate of drug-likeness (QED) is 0.909. The van der Waals surface area contributed by atoms with Gasteiger partial charge in [-0.3, -0.25) is 4.90 Å². The number of rotatable bonds is 4. The van der Waals surface area contributed by atoms with Gasteiger partial charge in [0.05, 0.1) is 12.6 Å². The SMILES string of the molecule is COCCN1CCCC(N)C1c1cc(Cl)ccc1Br. The number of nitrogens with two attached hydrogens (primary N) is 1. The van der Waals surface area contributed by atoms with Crippen LogP contribution < -0.4 is 5.73 Å². The van der Waals surface area contributed by atoms with Gasteiger partial charge >= 0.3 is 0 Å². The van der Waals surface area contributed by atoms with Gasteiger partial charge in [-0.15, -0.1) is 0 Å². The van der Waals surface area contributed by atoms with Crippen molar-refractivity contribution >= 4 is 27.5 Å². The fourth-order valence-electron chi connectivity index (χ4n) is 2.73. The van der Waals surface area contributed by atoms with E-state index in [1.54, 1.807) is 7.11 Å². The molecule has 1 fully saturated rings. The topological polar surface area (TPSA) is 38.5 Å². The van der Waals surface area contributed by atoms with Crippen molar-refractivity contribution in [2.24, 2.45) is 5.73 Å². The highest BCUT2D eigenvalue weighted by molar-refractivity contribution is 9.10. The van der Waals surface area contributed by atoms with Crippen LogP contribution in [0, 0.1) is 0 Å². The van der Waals surface area contributed by atoms with Crippen LogP contribution >= 0.6 is 27.5 Å². The summed E-state index contributed by atoms with van der Waals surface area (Å²) in [7, 11) is 1.73. The zero-order valence-corrected chi connectivity index (χ0v) is 13.5. The van der Waals surface area contributed by atoms with Gasteiger partial charge in [0, 0.05) is 29.2 Å². The van der Waals surface area contributed by atoms with Crippen LogP contribution in [0.15, 0.2) is 22.7 Å². The minimum Gasteiger partial charge on any atom is -0.383 e. The number of piperidine rings is 1. The Morgan fingerprint density at radius 1 is 1.53 bits per heavy atom. The minimum atomic E-state index is 0.139. The molecule has 0 saturated carbocycles. The Balaban J connectivity index is 2.27. The van der Waals surface area contributed by atoms with Gasteiger partial charge in [-0.1, -0.05) is 27.5 Å². The van der Waals surface area contributed by atoms with Crippen molar-refractivity contribution < 1.29 is 4.74 Å². The number of nitrogens with zero attached hydrogens (tertiary/aromatic N) is 1. The lowest BCUT2D eigenvalue weighted by Gasteiger charge is -2.40. The third-order valence-corrected chi connectivity index (χ3v) is 4.60. The van der Waals surface area contributed by atoms with Crippen LogP contribution in [0.4, 0.5) is 0 Å². The Hall–Kier alpha value is -0.130. The number of ether oxygens (including phenoxy) is 1. The second-order valence-electron chi connectivity index (χ2n) is 4.95. The highest BCUT2D eigenvalue weighted by Gasteiger charge is 2.31. The van der Waals surface area contributed by atoms with Crippen molar-refractivity contribution in [2.45, 2.75) is 24.9 Å². The Bertz CT molecular complexity index is 430. The first kappa shape index (κ1) is 15.3. The molecule has 5 heteroatoms. The summed E-state index contributed by atoms with van der Waals surface area (Å²) in [5, 5.41) is 0.752. The lowest BCUT2D eigenvalue weighted by Crippen LogP contribution is -2.47. The van der Waals surface area contributed by atoms with Crippen LogP contribution in [0.2, 0.25) is 5.02 Å². The first-order chi connectivity index (χ1) is 9.13. The lowest BCUT2D eigenvalue weighted by atomic mass is 9.91. The summed E-state index contributed by atoms with van der Waals surface area (Å²) in [5.41, 5.74) is 7.52. The van der Waals surface area contributed by atoms with Crippen LogP contribution in [0.5, 0.6) is 0 Å². The number of methoxy groups -OCH3 is 1. The Morgan fingerprint density at radius 3 is 3.05 bits per heavy atom. The first-order valence-electron chi connectivity index (χ1n) is 6.57. The summed E-state index contributed by atoms with van der Waals surface area (Å²) < 4.78 is 6.27. The molecule has 106 valence electrons. The van der Waals surface area contributed by atoms with Crippen LogP contribution in [-0.4, -0.2) is 37.7 Å². The van der Waals surface area contributed by atoms with E-state index in [1.807, 2.05) is 18.2 Å². The molecule has 0 amide bonds. The molecule has 0 aliphatic carbocycles. The van der Waals surface area contributed by atoms with Crippen molar-refractivity contribution in [3.8, 4) is 0 Å². The van der Waals surface area contributed by atoms with E-state index in [0.29, 0.717) is 0 Å². The molecule has 2 unspecified atom stereocenters. The Labute approximate surface area is 128 Å². The third-order valence-electron chi connectivity index (χ3n) is 3.64. The van der Waals surface area contributed by atoms with Crippen LogP contribution in [-0.2, 0) is 4.74 Å². The van der Waals surface area contributed by atoms with Crippen molar-refractivity contribution in [3.63, 3.8) is 0 Å². The molecule has 0 aromatic heterocycles. The van der Waals surface area contributed by atoms with Crippen LogP contribution in [0.1, 0.15) is 24.4 Å². The Morgan fingerprint density at radius 2 is 2.32 bits per heavy atom. The molecule has 1 aliphatic heterocycles. The largest absolute Gasteiger partial charge is 0.383 e. The van der Waals surface area contributed by atoms with Gasteiger partial charge < -0.3 is 10.5 Å². The van der Waals surface area contributed by atoms with E-state index in [2.05, 4.69) is 20.8 Å². The standard InChI is InChI=1S/C14H20BrClN2O/c1-19-8-7-18-6-2-3-13(17)14(18)11-9-10(16)4-5-12(11)15/h4-5,9,13-14H,2-3,6-8,17H2,1H3. The van der Waals surface area contributed by atoms with E-state index in [-0.39, 0.29) is 12.1 Å². The molecular formula is C14H20BrClN2O. The van der Waals surface area contributed by atoms with Crippen molar-refractivity contribution in [1.29, 1.82) is 0 Å². The van der Waals surface area contributed by atoms with Crippen molar-refractivity contribution in [3.05, 3.63) is 33.3 Å². The summed E-state index contributed by atoms with van der Waals surface area (Å²) in [5.74, 6) is 0. The van der Waals surface area contributed by atoms with Crippen LogP contribution in [0.3, 0.4) is 0 Å². The average Bonchev–Trinajstić information content (AvgIpc) is 2.39. The van der Waals surface area contributed by atoms with Gasteiger partial charge in [0.15, 0.2) is 0 Å². The molecule has 2 rings (SSSR count). The molecule has 1 aliphatic rings. The molecule has 2 atom stereocenters. The highest BCUT2D eigenvalue weighted by atomic mass is 79.9. The smallest absolute Gasteiger partial charge is 0.0589 e. The van der Waals surface area contributed by atoms with Crippen molar-refractivity contribution in [1.82, 2.24) is 4.90 Å². The maximum absolute atomic E-state index is 6.35. The number of halogens is 2. The highest BCUT2D eigenvalue weighted by Crippen LogP contribution is 2.35. The number of hydrogen-bond donors (Lipinski definition) is 1. The van der Waals surface area contributed by atoms with E-state index in [0.717, 1.165) is 42.0 Å². The molecule has 1 aromatic rings. The minimum absolute atomic E-state index is 0.139. The second-order valence-corrected chi connectivity index (χ2v) is 6.24. The lowest BCUT2D eigenvalue weighted by molar-refractivity contribution is 0.0845. The van der Waals surface area contributed by atoms with Gasteiger partial charge in [0.25, 0.3) is 0 Å². The fourth-order valence-corrected chi connectivity index (χ4v) is 3.39. The first-order valence-corrected chi connectivity index (χ1v) is 7.74. The number of hydrogen-bond acceptors (Lipinski definition) is 3. The second kappa shape index (κ2) is 7.04. The molecular weight excluding hydrogens is 328 g/mol. The molecule has 0 spiro atoms. The Kier molecular flexibility index (Phi) is 5.66. The zero-order chi connectivity index (χ0) is 13.8. The van der Waals surface area contributed by atoms with Crippen molar-refractivity contribution in [2.75, 3.05) is 26.8 Å². The molecule has 2 N–H and O–H groups in total. The molecule has 1 aromatic carbocycles. The number of likely N-dealkylation sites (tertiary alicyclic amines) is 1. The van der Waals surface area contributed by atoms with E-state index in [9.17, 15) is 0 Å². The van der Waals surface area contributed by atoms with Crippen LogP contribution in [0.25, 0.3) is 0 Å². The summed E-state index contributed by atoms with van der Waals surface area (Å²) in [6.07, 6.45) is 2.19. The third kappa shape index (κ3) is 3.70. The van der Waals surface area contributed by atoms with E-state index < -0.39 is 0 Å². The predicted molar refractivity (Wildman–Crippen MR) is 82.6 cm³/mol. The summed E-state index contributed by atoms with van der Waals surface area (Å²) in [6.45, 7) is 2.68. The molecule has 1 heterocycles. The maximum atomic E-state index is 6.35. The summed E-state index contributed by atoms with van der Waals surface area (Å²) in [4.78, 5) is 2.40. The van der Waals surface area contributed by atoms with E-state index in [4.69, 9.17) is 22.1 Å². The van der Waals surface area contributed by atoms with Gasteiger partial charge in [0.2, 0.25) is 0 Å². The summed E-state index contributed by atoms with van der Waals surface area (Å²) in [6, 6.07) is 6.25. The predicted octanol–water partition coefficient (Wildman–Crippen LogP) is 3.21. The van der Waals surface area contributed by atoms with Gasteiger partial charge in [-0.05, 0) is 43.1 Å². The molecule has 0 radical (unpaired) electrons. The molecule has 3 nitrogen and oxygen atoms in total.